The molecule has 1 heterocycles. The summed E-state index contributed by atoms with van der Waals surface area (Å²) in [6.45, 7) is 3.05. The van der Waals surface area contributed by atoms with Crippen molar-refractivity contribution in [1.82, 2.24) is 15.3 Å². The fourth-order valence-electron chi connectivity index (χ4n) is 1.04. The van der Waals surface area contributed by atoms with Gasteiger partial charge in [-0.2, -0.15) is 0 Å². The lowest BCUT2D eigenvalue weighted by Gasteiger charge is -1.99. The molecule has 0 aliphatic heterocycles. The molecule has 13 heavy (non-hydrogen) atoms. The van der Waals surface area contributed by atoms with E-state index in [-0.39, 0.29) is 0 Å². The Morgan fingerprint density at radius 3 is 3.00 bits per heavy atom. The van der Waals surface area contributed by atoms with E-state index in [2.05, 4.69) is 28.3 Å². The molecule has 3 heteroatoms. The molecule has 0 radical (unpaired) electrons. The van der Waals surface area contributed by atoms with Crippen LogP contribution < -0.4 is 5.32 Å². The standard InChI is InChI=1S/C10H15N3/c1-9(4-3-5-11-2)10-8-12-6-7-13-10/h4,6-8,11H,3,5H2,1-2H3. The Hall–Kier alpha value is -1.22. The van der Waals surface area contributed by atoms with Gasteiger partial charge in [0, 0.05) is 12.4 Å². The largest absolute Gasteiger partial charge is 0.319 e. The molecular weight excluding hydrogens is 162 g/mol. The monoisotopic (exact) mass is 177 g/mol. The van der Waals surface area contributed by atoms with E-state index in [1.807, 2.05) is 7.05 Å². The van der Waals surface area contributed by atoms with Crippen molar-refractivity contribution in [2.75, 3.05) is 13.6 Å². The van der Waals surface area contributed by atoms with Gasteiger partial charge in [0.05, 0.1) is 11.9 Å². The van der Waals surface area contributed by atoms with Gasteiger partial charge in [0.15, 0.2) is 0 Å². The lowest BCUT2D eigenvalue weighted by molar-refractivity contribution is 0.808. The first-order valence-electron chi connectivity index (χ1n) is 4.42. The Labute approximate surface area is 78.9 Å². The summed E-state index contributed by atoms with van der Waals surface area (Å²) < 4.78 is 0. The van der Waals surface area contributed by atoms with Crippen LogP contribution in [0.25, 0.3) is 5.57 Å². The molecule has 0 fully saturated rings. The Kier molecular flexibility index (Phi) is 4.12. The third kappa shape index (κ3) is 3.34. The van der Waals surface area contributed by atoms with E-state index in [4.69, 9.17) is 0 Å². The lowest BCUT2D eigenvalue weighted by Crippen LogP contribution is -2.06. The van der Waals surface area contributed by atoms with Gasteiger partial charge in [-0.05, 0) is 32.5 Å². The van der Waals surface area contributed by atoms with E-state index in [1.165, 1.54) is 5.57 Å². The minimum atomic E-state index is 0.957. The second-order valence-corrected chi connectivity index (χ2v) is 2.87. The molecule has 1 N–H and O–H groups in total. The summed E-state index contributed by atoms with van der Waals surface area (Å²) in [7, 11) is 1.95. The quantitative estimate of drug-likeness (QED) is 0.708. The molecule has 1 aromatic rings. The first-order valence-corrected chi connectivity index (χ1v) is 4.42. The van der Waals surface area contributed by atoms with E-state index in [9.17, 15) is 0 Å². The van der Waals surface area contributed by atoms with Crippen LogP contribution in [-0.4, -0.2) is 23.6 Å². The summed E-state index contributed by atoms with van der Waals surface area (Å²) in [6, 6.07) is 0. The summed E-state index contributed by atoms with van der Waals surface area (Å²) in [5, 5.41) is 3.09. The van der Waals surface area contributed by atoms with Gasteiger partial charge in [0.1, 0.15) is 0 Å². The molecule has 3 nitrogen and oxygen atoms in total. The maximum absolute atomic E-state index is 4.21. The molecule has 0 amide bonds. The van der Waals surface area contributed by atoms with Crippen molar-refractivity contribution in [2.24, 2.45) is 0 Å². The second-order valence-electron chi connectivity index (χ2n) is 2.87. The van der Waals surface area contributed by atoms with Gasteiger partial charge in [-0.15, -0.1) is 0 Å². The average molecular weight is 177 g/mol. The molecule has 0 aliphatic rings. The van der Waals surface area contributed by atoms with Crippen LogP contribution in [0.5, 0.6) is 0 Å². The fourth-order valence-corrected chi connectivity index (χ4v) is 1.04. The highest BCUT2D eigenvalue weighted by Crippen LogP contribution is 2.08. The van der Waals surface area contributed by atoms with Gasteiger partial charge in [0.25, 0.3) is 0 Å². The zero-order chi connectivity index (χ0) is 9.52. The highest BCUT2D eigenvalue weighted by Gasteiger charge is 1.94. The SMILES string of the molecule is CNCCC=C(C)c1cnccn1. The topological polar surface area (TPSA) is 37.8 Å². The molecular formula is C10H15N3. The summed E-state index contributed by atoms with van der Waals surface area (Å²) in [5.74, 6) is 0. The number of rotatable bonds is 4. The Bertz CT molecular complexity index is 267. The van der Waals surface area contributed by atoms with Gasteiger partial charge >= 0.3 is 0 Å². The Morgan fingerprint density at radius 1 is 1.54 bits per heavy atom. The molecule has 0 saturated carbocycles. The summed E-state index contributed by atoms with van der Waals surface area (Å²) in [6.07, 6.45) is 8.37. The third-order valence-corrected chi connectivity index (χ3v) is 1.81. The molecule has 0 spiro atoms. The van der Waals surface area contributed by atoms with Crippen molar-refractivity contribution in [3.05, 3.63) is 30.4 Å². The zero-order valence-corrected chi connectivity index (χ0v) is 8.12. The maximum atomic E-state index is 4.21. The summed E-state index contributed by atoms with van der Waals surface area (Å²) in [4.78, 5) is 8.22. The van der Waals surface area contributed by atoms with Crippen LogP contribution in [-0.2, 0) is 0 Å². The number of nitrogens with zero attached hydrogens (tertiary/aromatic N) is 2. The van der Waals surface area contributed by atoms with Crippen LogP contribution in [0.3, 0.4) is 0 Å². The molecule has 1 rings (SSSR count). The molecule has 70 valence electrons. The Morgan fingerprint density at radius 2 is 2.38 bits per heavy atom. The fraction of sp³-hybridized carbons (Fsp3) is 0.400. The van der Waals surface area contributed by atoms with Gasteiger partial charge < -0.3 is 5.32 Å². The number of allylic oxidation sites excluding steroid dienone is 1. The first kappa shape index (κ1) is 9.86. The van der Waals surface area contributed by atoms with Gasteiger partial charge in [-0.1, -0.05) is 6.08 Å². The minimum Gasteiger partial charge on any atom is -0.319 e. The van der Waals surface area contributed by atoms with Crippen LogP contribution >= 0.6 is 0 Å². The highest BCUT2D eigenvalue weighted by atomic mass is 14.8. The highest BCUT2D eigenvalue weighted by molar-refractivity contribution is 5.59. The van der Waals surface area contributed by atoms with Crippen LogP contribution in [0.4, 0.5) is 0 Å². The smallest absolute Gasteiger partial charge is 0.0838 e. The van der Waals surface area contributed by atoms with Crippen LogP contribution in [0.15, 0.2) is 24.7 Å². The minimum absolute atomic E-state index is 0.957. The van der Waals surface area contributed by atoms with Gasteiger partial charge in [-0.25, -0.2) is 0 Å². The van der Waals surface area contributed by atoms with Crippen LogP contribution in [0.2, 0.25) is 0 Å². The lowest BCUT2D eigenvalue weighted by atomic mass is 10.2. The normalized spacial score (nSPS) is 11.7. The van der Waals surface area contributed by atoms with Crippen molar-refractivity contribution < 1.29 is 0 Å². The number of nitrogens with one attached hydrogen (secondary N) is 1. The Balaban J connectivity index is 2.57. The molecule has 0 saturated heterocycles. The van der Waals surface area contributed by atoms with Crippen molar-refractivity contribution in [2.45, 2.75) is 13.3 Å². The van der Waals surface area contributed by atoms with E-state index >= 15 is 0 Å². The van der Waals surface area contributed by atoms with E-state index in [0.29, 0.717) is 0 Å². The molecule has 0 aliphatic carbocycles. The van der Waals surface area contributed by atoms with Crippen molar-refractivity contribution in [1.29, 1.82) is 0 Å². The zero-order valence-electron chi connectivity index (χ0n) is 8.12. The average Bonchev–Trinajstić information content (AvgIpc) is 2.19. The molecule has 0 atom stereocenters. The van der Waals surface area contributed by atoms with Gasteiger partial charge in [0.2, 0.25) is 0 Å². The van der Waals surface area contributed by atoms with E-state index < -0.39 is 0 Å². The third-order valence-electron chi connectivity index (χ3n) is 1.81. The van der Waals surface area contributed by atoms with Crippen molar-refractivity contribution in [3.8, 4) is 0 Å². The molecule has 0 unspecified atom stereocenters. The van der Waals surface area contributed by atoms with Crippen molar-refractivity contribution >= 4 is 5.57 Å². The predicted molar refractivity (Wildman–Crippen MR) is 54.2 cm³/mol. The second kappa shape index (κ2) is 5.43. The maximum Gasteiger partial charge on any atom is 0.0838 e. The van der Waals surface area contributed by atoms with Crippen LogP contribution in [0, 0.1) is 0 Å². The first-order chi connectivity index (χ1) is 6.34. The number of hydrogen-bond donors (Lipinski definition) is 1. The summed E-state index contributed by atoms with van der Waals surface area (Å²) >= 11 is 0. The molecule has 0 aromatic carbocycles. The van der Waals surface area contributed by atoms with Crippen molar-refractivity contribution in [3.63, 3.8) is 0 Å². The summed E-state index contributed by atoms with van der Waals surface area (Å²) in [5.41, 5.74) is 2.14. The molecule has 0 bridgehead atoms. The van der Waals surface area contributed by atoms with E-state index in [1.54, 1.807) is 18.6 Å². The number of aromatic nitrogens is 2. The van der Waals surface area contributed by atoms with Crippen LogP contribution in [0.1, 0.15) is 19.0 Å². The molecule has 1 aromatic heterocycles. The van der Waals surface area contributed by atoms with E-state index in [0.717, 1.165) is 18.7 Å². The number of hydrogen-bond acceptors (Lipinski definition) is 3. The van der Waals surface area contributed by atoms with Gasteiger partial charge in [-0.3, -0.25) is 9.97 Å². The predicted octanol–water partition coefficient (Wildman–Crippen LogP) is 1.49.